The number of carbonyl (C=O) groups is 2. The molecule has 0 bridgehead atoms. The number of amides is 1. The Balaban J connectivity index is 1.91. The zero-order valence-electron chi connectivity index (χ0n) is 13.9. The Morgan fingerprint density at radius 2 is 1.92 bits per heavy atom. The van der Waals surface area contributed by atoms with E-state index < -0.39 is 5.97 Å². The Morgan fingerprint density at radius 3 is 2.60 bits per heavy atom. The van der Waals surface area contributed by atoms with Gasteiger partial charge in [0.05, 0.1) is 12.7 Å². The Bertz CT molecular complexity index is 773. The second-order valence-electron chi connectivity index (χ2n) is 5.86. The molecule has 1 atom stereocenters. The molecular weight excluding hydrogens is 320 g/mol. The van der Waals surface area contributed by atoms with Crippen LogP contribution in [0.25, 0.3) is 0 Å². The predicted molar refractivity (Wildman–Crippen MR) is 93.7 cm³/mol. The lowest BCUT2D eigenvalue weighted by Gasteiger charge is -2.38. The summed E-state index contributed by atoms with van der Waals surface area (Å²) in [6.07, 6.45) is 0.0836. The molecule has 0 aromatic heterocycles. The first-order chi connectivity index (χ1) is 12.1. The van der Waals surface area contributed by atoms with Crippen LogP contribution in [0.15, 0.2) is 48.5 Å². The highest BCUT2D eigenvalue weighted by Crippen LogP contribution is 2.33. The van der Waals surface area contributed by atoms with Crippen LogP contribution in [0.4, 0.5) is 5.69 Å². The molecule has 0 spiro atoms. The maximum absolute atomic E-state index is 12.9. The van der Waals surface area contributed by atoms with Gasteiger partial charge in [0, 0.05) is 18.7 Å². The van der Waals surface area contributed by atoms with E-state index in [4.69, 9.17) is 9.84 Å². The summed E-state index contributed by atoms with van der Waals surface area (Å²) in [7, 11) is 1.60. The van der Waals surface area contributed by atoms with E-state index in [0.717, 1.165) is 17.0 Å². The average Bonchev–Trinajstić information content (AvgIpc) is 2.63. The molecule has 6 nitrogen and oxygen atoms in total. The number of methoxy groups -OCH3 is 1. The summed E-state index contributed by atoms with van der Waals surface area (Å²) >= 11 is 0. The number of benzene rings is 2. The standard InChI is InChI=1S/C19H20N2O4/c1-25-14-10-8-13(9-11-14)18-20-16-6-3-2-5-15(16)19(24)21(18)12-4-7-17(22)23/h2-3,5-6,8-11,18,20H,4,7,12H2,1H3,(H,22,23)/t18-/m0/s1. The molecule has 1 amide bonds. The van der Waals surface area contributed by atoms with E-state index in [9.17, 15) is 9.59 Å². The fourth-order valence-electron chi connectivity index (χ4n) is 2.97. The van der Waals surface area contributed by atoms with Gasteiger partial charge in [-0.25, -0.2) is 0 Å². The first-order valence-electron chi connectivity index (χ1n) is 8.12. The van der Waals surface area contributed by atoms with Crippen molar-refractivity contribution in [3.05, 3.63) is 59.7 Å². The van der Waals surface area contributed by atoms with Crippen molar-refractivity contribution in [3.63, 3.8) is 0 Å². The zero-order chi connectivity index (χ0) is 17.8. The molecule has 25 heavy (non-hydrogen) atoms. The number of para-hydroxylation sites is 1. The number of nitrogens with zero attached hydrogens (tertiary/aromatic N) is 1. The van der Waals surface area contributed by atoms with Gasteiger partial charge in [0.15, 0.2) is 0 Å². The van der Waals surface area contributed by atoms with Gasteiger partial charge in [-0.05, 0) is 36.2 Å². The molecule has 130 valence electrons. The highest BCUT2D eigenvalue weighted by Gasteiger charge is 2.32. The number of hydrogen-bond donors (Lipinski definition) is 2. The summed E-state index contributed by atoms with van der Waals surface area (Å²) in [5, 5.41) is 12.3. The highest BCUT2D eigenvalue weighted by atomic mass is 16.5. The van der Waals surface area contributed by atoms with Gasteiger partial charge in [-0.1, -0.05) is 24.3 Å². The van der Waals surface area contributed by atoms with Crippen LogP contribution in [0.2, 0.25) is 0 Å². The van der Waals surface area contributed by atoms with Crippen LogP contribution in [0.5, 0.6) is 5.75 Å². The van der Waals surface area contributed by atoms with Crippen molar-refractivity contribution in [2.45, 2.75) is 19.0 Å². The van der Waals surface area contributed by atoms with E-state index in [-0.39, 0.29) is 18.5 Å². The second-order valence-corrected chi connectivity index (χ2v) is 5.86. The highest BCUT2D eigenvalue weighted by molar-refractivity contribution is 6.01. The quantitative estimate of drug-likeness (QED) is 0.845. The molecule has 6 heteroatoms. The minimum absolute atomic E-state index is 0.0285. The van der Waals surface area contributed by atoms with Crippen molar-refractivity contribution in [1.29, 1.82) is 0 Å². The molecule has 1 aliphatic heterocycles. The van der Waals surface area contributed by atoms with Gasteiger partial charge in [-0.15, -0.1) is 0 Å². The van der Waals surface area contributed by atoms with Crippen LogP contribution in [0.3, 0.4) is 0 Å². The van der Waals surface area contributed by atoms with Crippen LogP contribution >= 0.6 is 0 Å². The molecule has 0 radical (unpaired) electrons. The number of anilines is 1. The Kier molecular flexibility index (Phi) is 4.88. The van der Waals surface area contributed by atoms with Gasteiger partial charge < -0.3 is 20.1 Å². The number of rotatable bonds is 6. The van der Waals surface area contributed by atoms with E-state index in [1.165, 1.54) is 0 Å². The molecule has 0 saturated heterocycles. The van der Waals surface area contributed by atoms with E-state index in [2.05, 4.69) is 5.32 Å². The van der Waals surface area contributed by atoms with Crippen molar-refractivity contribution < 1.29 is 19.4 Å². The lowest BCUT2D eigenvalue weighted by molar-refractivity contribution is -0.137. The van der Waals surface area contributed by atoms with E-state index in [1.807, 2.05) is 42.5 Å². The molecule has 2 aromatic rings. The first kappa shape index (κ1) is 16.8. The third-order valence-corrected chi connectivity index (χ3v) is 4.24. The number of hydrogen-bond acceptors (Lipinski definition) is 4. The normalized spacial score (nSPS) is 16.1. The number of carboxylic acids is 1. The maximum atomic E-state index is 12.9. The monoisotopic (exact) mass is 340 g/mol. The molecule has 2 aromatic carbocycles. The average molecular weight is 340 g/mol. The van der Waals surface area contributed by atoms with E-state index in [1.54, 1.807) is 18.1 Å². The summed E-state index contributed by atoms with van der Waals surface area (Å²) in [6, 6.07) is 14.8. The minimum atomic E-state index is -0.862. The SMILES string of the molecule is COc1ccc([C@H]2Nc3ccccc3C(=O)N2CCCC(=O)O)cc1. The van der Waals surface area contributed by atoms with Gasteiger partial charge in [0.1, 0.15) is 11.9 Å². The van der Waals surface area contributed by atoms with E-state index >= 15 is 0 Å². The Morgan fingerprint density at radius 1 is 1.20 bits per heavy atom. The summed E-state index contributed by atoms with van der Waals surface area (Å²) < 4.78 is 5.19. The third kappa shape index (κ3) is 3.57. The van der Waals surface area contributed by atoms with Gasteiger partial charge in [-0.2, -0.15) is 0 Å². The van der Waals surface area contributed by atoms with Crippen molar-refractivity contribution in [2.24, 2.45) is 0 Å². The van der Waals surface area contributed by atoms with Crippen LogP contribution in [0.1, 0.15) is 34.9 Å². The number of aliphatic carboxylic acids is 1. The van der Waals surface area contributed by atoms with Crippen LogP contribution < -0.4 is 10.1 Å². The van der Waals surface area contributed by atoms with Crippen molar-refractivity contribution in [2.75, 3.05) is 19.0 Å². The van der Waals surface area contributed by atoms with Crippen molar-refractivity contribution >= 4 is 17.6 Å². The summed E-state index contributed by atoms with van der Waals surface area (Å²) in [4.78, 5) is 25.4. The van der Waals surface area contributed by atoms with Gasteiger partial charge in [0.2, 0.25) is 0 Å². The number of nitrogens with one attached hydrogen (secondary N) is 1. The number of carbonyl (C=O) groups excluding carboxylic acids is 1. The van der Waals surface area contributed by atoms with Crippen LogP contribution in [-0.2, 0) is 4.79 Å². The molecule has 2 N–H and O–H groups in total. The summed E-state index contributed by atoms with van der Waals surface area (Å²) in [5.41, 5.74) is 2.30. The number of carboxylic acid groups (broad SMARTS) is 1. The van der Waals surface area contributed by atoms with Crippen LogP contribution in [-0.4, -0.2) is 35.5 Å². The van der Waals surface area contributed by atoms with Crippen molar-refractivity contribution in [1.82, 2.24) is 4.90 Å². The van der Waals surface area contributed by atoms with E-state index in [0.29, 0.717) is 18.5 Å². The number of ether oxygens (including phenoxy) is 1. The Hall–Kier alpha value is -3.02. The molecule has 0 aliphatic carbocycles. The van der Waals surface area contributed by atoms with Crippen LogP contribution in [0, 0.1) is 0 Å². The topological polar surface area (TPSA) is 78.9 Å². The van der Waals surface area contributed by atoms with Crippen molar-refractivity contribution in [3.8, 4) is 5.75 Å². The molecule has 0 unspecified atom stereocenters. The Labute approximate surface area is 146 Å². The van der Waals surface area contributed by atoms with Gasteiger partial charge in [-0.3, -0.25) is 9.59 Å². The molecule has 0 saturated carbocycles. The first-order valence-corrected chi connectivity index (χ1v) is 8.12. The lowest BCUT2D eigenvalue weighted by Crippen LogP contribution is -2.43. The second kappa shape index (κ2) is 7.25. The maximum Gasteiger partial charge on any atom is 0.303 e. The largest absolute Gasteiger partial charge is 0.497 e. The lowest BCUT2D eigenvalue weighted by atomic mass is 10.0. The predicted octanol–water partition coefficient (Wildman–Crippen LogP) is 3.13. The minimum Gasteiger partial charge on any atom is -0.497 e. The zero-order valence-corrected chi connectivity index (χ0v) is 13.9. The fraction of sp³-hybridized carbons (Fsp3) is 0.263. The number of fused-ring (bicyclic) bond motifs is 1. The molecule has 3 rings (SSSR count). The smallest absolute Gasteiger partial charge is 0.303 e. The fourth-order valence-corrected chi connectivity index (χ4v) is 2.97. The van der Waals surface area contributed by atoms with Gasteiger partial charge >= 0.3 is 5.97 Å². The molecule has 1 heterocycles. The molecule has 1 aliphatic rings. The third-order valence-electron chi connectivity index (χ3n) is 4.24. The summed E-state index contributed by atoms with van der Waals surface area (Å²) in [5.74, 6) is -0.219. The van der Waals surface area contributed by atoms with Gasteiger partial charge in [0.25, 0.3) is 5.91 Å². The molecule has 0 fully saturated rings. The summed E-state index contributed by atoms with van der Waals surface area (Å²) in [6.45, 7) is 0.364. The molecular formula is C19H20N2O4.